The molecule has 0 bridgehead atoms. The second-order valence-corrected chi connectivity index (χ2v) is 6.80. The van der Waals surface area contributed by atoms with Crippen LogP contribution < -0.4 is 5.32 Å². The van der Waals surface area contributed by atoms with Crippen molar-refractivity contribution in [3.8, 4) is 0 Å². The number of hydrogen-bond acceptors (Lipinski definition) is 2. The Bertz CT molecular complexity index is 662. The molecule has 2 N–H and O–H groups in total. The molecule has 138 valence electrons. The Hall–Kier alpha value is -2.05. The lowest BCUT2D eigenvalue weighted by atomic mass is 9.80. The lowest BCUT2D eigenvalue weighted by Gasteiger charge is -2.29. The largest absolute Gasteiger partial charge is 0.478 e. The third kappa shape index (κ3) is 4.96. The van der Waals surface area contributed by atoms with E-state index >= 15 is 0 Å². The maximum atomic E-state index is 12.7. The smallest absolute Gasteiger partial charge is 0.391 e. The van der Waals surface area contributed by atoms with Crippen LogP contribution in [0.15, 0.2) is 12.1 Å². The van der Waals surface area contributed by atoms with E-state index in [2.05, 4.69) is 5.32 Å². The van der Waals surface area contributed by atoms with Gasteiger partial charge in [0.25, 0.3) is 0 Å². The Morgan fingerprint density at radius 2 is 1.72 bits per heavy atom. The number of halogens is 3. The molecule has 7 heteroatoms. The highest BCUT2D eigenvalue weighted by molar-refractivity contribution is 5.95. The first-order chi connectivity index (χ1) is 11.6. The maximum absolute atomic E-state index is 12.7. The molecule has 0 radical (unpaired) electrons. The van der Waals surface area contributed by atoms with Gasteiger partial charge in [0, 0.05) is 12.1 Å². The molecule has 1 amide bonds. The lowest BCUT2D eigenvalue weighted by molar-refractivity contribution is -0.183. The number of rotatable bonds is 4. The zero-order chi connectivity index (χ0) is 18.8. The minimum Gasteiger partial charge on any atom is -0.478 e. The molecule has 1 fully saturated rings. The molecule has 1 aromatic carbocycles. The van der Waals surface area contributed by atoms with E-state index in [0.717, 1.165) is 5.56 Å². The van der Waals surface area contributed by atoms with Gasteiger partial charge in [-0.05, 0) is 62.6 Å². The zero-order valence-electron chi connectivity index (χ0n) is 14.2. The number of carbonyl (C=O) groups excluding carboxylic acids is 1. The van der Waals surface area contributed by atoms with Crippen LogP contribution >= 0.6 is 0 Å². The van der Waals surface area contributed by atoms with Gasteiger partial charge in [0.15, 0.2) is 0 Å². The van der Waals surface area contributed by atoms with E-state index in [4.69, 9.17) is 5.11 Å². The number of nitrogens with one attached hydrogen (secondary N) is 1. The van der Waals surface area contributed by atoms with Gasteiger partial charge < -0.3 is 10.4 Å². The van der Waals surface area contributed by atoms with Crippen molar-refractivity contribution in [2.75, 3.05) is 5.32 Å². The van der Waals surface area contributed by atoms with E-state index in [1.54, 1.807) is 19.9 Å². The molecule has 0 heterocycles. The Labute approximate surface area is 144 Å². The highest BCUT2D eigenvalue weighted by Gasteiger charge is 2.41. The van der Waals surface area contributed by atoms with Crippen molar-refractivity contribution >= 4 is 17.6 Å². The lowest BCUT2D eigenvalue weighted by Crippen LogP contribution is -2.29. The number of carboxylic acids is 1. The van der Waals surface area contributed by atoms with Crippen molar-refractivity contribution < 1.29 is 27.9 Å². The van der Waals surface area contributed by atoms with Gasteiger partial charge in [0.05, 0.1) is 11.5 Å². The SMILES string of the molecule is Cc1cc(C)c(C(=O)O)cc1NC(=O)CC1CCC(C(F)(F)F)CC1. The van der Waals surface area contributed by atoms with E-state index in [1.165, 1.54) is 6.07 Å². The van der Waals surface area contributed by atoms with Gasteiger partial charge in [-0.3, -0.25) is 4.79 Å². The molecule has 0 aromatic heterocycles. The Kier molecular flexibility index (Phi) is 5.75. The minimum atomic E-state index is -4.15. The number of amides is 1. The molecule has 25 heavy (non-hydrogen) atoms. The summed E-state index contributed by atoms with van der Waals surface area (Å²) < 4.78 is 38.0. The van der Waals surface area contributed by atoms with Gasteiger partial charge >= 0.3 is 12.1 Å². The zero-order valence-corrected chi connectivity index (χ0v) is 14.2. The van der Waals surface area contributed by atoms with Crippen molar-refractivity contribution in [2.24, 2.45) is 11.8 Å². The molecule has 0 atom stereocenters. The van der Waals surface area contributed by atoms with Crippen LogP contribution in [0.1, 0.15) is 53.6 Å². The van der Waals surface area contributed by atoms with E-state index in [-0.39, 0.29) is 36.7 Å². The van der Waals surface area contributed by atoms with E-state index < -0.39 is 18.1 Å². The van der Waals surface area contributed by atoms with Crippen molar-refractivity contribution in [1.82, 2.24) is 0 Å². The first-order valence-corrected chi connectivity index (χ1v) is 8.29. The fourth-order valence-corrected chi connectivity index (χ4v) is 3.37. The summed E-state index contributed by atoms with van der Waals surface area (Å²) in [7, 11) is 0. The highest BCUT2D eigenvalue weighted by Crippen LogP contribution is 2.40. The van der Waals surface area contributed by atoms with Gasteiger partial charge in [0.2, 0.25) is 5.91 Å². The summed E-state index contributed by atoms with van der Waals surface area (Å²) in [5, 5.41) is 11.9. The fraction of sp³-hybridized carbons (Fsp3) is 0.556. The van der Waals surface area contributed by atoms with Crippen LogP contribution in [0, 0.1) is 25.7 Å². The Morgan fingerprint density at radius 1 is 1.12 bits per heavy atom. The van der Waals surface area contributed by atoms with Crippen LogP contribution in [0.5, 0.6) is 0 Å². The van der Waals surface area contributed by atoms with Gasteiger partial charge in [-0.2, -0.15) is 13.2 Å². The first-order valence-electron chi connectivity index (χ1n) is 8.29. The van der Waals surface area contributed by atoms with Gasteiger partial charge in [0.1, 0.15) is 0 Å². The molecule has 2 rings (SSSR count). The third-order valence-corrected chi connectivity index (χ3v) is 4.86. The molecule has 0 spiro atoms. The third-order valence-electron chi connectivity index (χ3n) is 4.86. The predicted molar refractivity (Wildman–Crippen MR) is 87.6 cm³/mol. The summed E-state index contributed by atoms with van der Waals surface area (Å²) in [6.45, 7) is 3.45. The molecule has 1 saturated carbocycles. The maximum Gasteiger partial charge on any atom is 0.391 e. The van der Waals surface area contributed by atoms with Crippen LogP contribution in [0.2, 0.25) is 0 Å². The van der Waals surface area contributed by atoms with Crippen LogP contribution in [0.4, 0.5) is 18.9 Å². The molecule has 0 saturated heterocycles. The van der Waals surface area contributed by atoms with Gasteiger partial charge in [-0.1, -0.05) is 6.07 Å². The number of benzene rings is 1. The molecule has 0 unspecified atom stereocenters. The molecule has 4 nitrogen and oxygen atoms in total. The molecular formula is C18H22F3NO3. The van der Waals surface area contributed by atoms with Crippen molar-refractivity contribution in [3.05, 3.63) is 28.8 Å². The van der Waals surface area contributed by atoms with Crippen LogP contribution in [0.25, 0.3) is 0 Å². The minimum absolute atomic E-state index is 0.0637. The van der Waals surface area contributed by atoms with E-state index in [9.17, 15) is 22.8 Å². The van der Waals surface area contributed by atoms with Crippen LogP contribution in [-0.4, -0.2) is 23.2 Å². The molecule has 1 aliphatic carbocycles. The Balaban J connectivity index is 1.95. The Morgan fingerprint density at radius 3 is 2.24 bits per heavy atom. The van der Waals surface area contributed by atoms with Crippen LogP contribution in [-0.2, 0) is 4.79 Å². The average molecular weight is 357 g/mol. The number of aromatic carboxylic acids is 1. The number of aryl methyl sites for hydroxylation is 2. The van der Waals surface area contributed by atoms with Crippen molar-refractivity contribution in [3.63, 3.8) is 0 Å². The first kappa shape index (κ1) is 19.3. The standard InChI is InChI=1S/C18H22F3NO3/c1-10-7-11(2)15(9-14(10)17(24)25)22-16(23)8-12-3-5-13(6-4-12)18(19,20)21/h7,9,12-13H,3-6,8H2,1-2H3,(H,22,23)(H,24,25). The average Bonchev–Trinajstić information content (AvgIpc) is 2.49. The summed E-state index contributed by atoms with van der Waals surface area (Å²) in [5.41, 5.74) is 1.90. The van der Waals surface area contributed by atoms with Crippen LogP contribution in [0.3, 0.4) is 0 Å². The highest BCUT2D eigenvalue weighted by atomic mass is 19.4. The summed E-state index contributed by atoms with van der Waals surface area (Å²) in [4.78, 5) is 23.4. The molecule has 1 aromatic rings. The topological polar surface area (TPSA) is 66.4 Å². The molecule has 1 aliphatic rings. The summed E-state index contributed by atoms with van der Waals surface area (Å²) in [6.07, 6.45) is -3.11. The molecule has 0 aliphatic heterocycles. The number of anilines is 1. The second kappa shape index (κ2) is 7.45. The normalized spacial score (nSPS) is 21.0. The van der Waals surface area contributed by atoms with Crippen molar-refractivity contribution in [1.29, 1.82) is 0 Å². The van der Waals surface area contributed by atoms with E-state index in [1.807, 2.05) is 0 Å². The number of carbonyl (C=O) groups is 2. The quantitative estimate of drug-likeness (QED) is 0.821. The molecular weight excluding hydrogens is 335 g/mol. The predicted octanol–water partition coefficient (Wildman–Crippen LogP) is 4.70. The van der Waals surface area contributed by atoms with Gasteiger partial charge in [-0.25, -0.2) is 4.79 Å². The second-order valence-electron chi connectivity index (χ2n) is 6.80. The van der Waals surface area contributed by atoms with Gasteiger partial charge in [-0.15, -0.1) is 0 Å². The summed E-state index contributed by atoms with van der Waals surface area (Å²) in [5.74, 6) is -2.69. The summed E-state index contributed by atoms with van der Waals surface area (Å²) >= 11 is 0. The number of hydrogen-bond donors (Lipinski definition) is 2. The number of carboxylic acid groups (broad SMARTS) is 1. The fourth-order valence-electron chi connectivity index (χ4n) is 3.37. The van der Waals surface area contributed by atoms with Crippen molar-refractivity contribution in [2.45, 2.75) is 52.1 Å². The summed E-state index contributed by atoms with van der Waals surface area (Å²) in [6, 6.07) is 3.11. The monoisotopic (exact) mass is 357 g/mol. The van der Waals surface area contributed by atoms with E-state index in [0.29, 0.717) is 24.1 Å². The number of alkyl halides is 3.